The van der Waals surface area contributed by atoms with Crippen LogP contribution in [0.5, 0.6) is 0 Å². The van der Waals surface area contributed by atoms with E-state index in [2.05, 4.69) is 65.8 Å². The van der Waals surface area contributed by atoms with Crippen LogP contribution in [0.1, 0.15) is 71.9 Å². The number of rotatable bonds is 4. The van der Waals surface area contributed by atoms with Crippen molar-refractivity contribution in [1.82, 2.24) is 0 Å². The van der Waals surface area contributed by atoms with Crippen LogP contribution in [0.15, 0.2) is 24.3 Å². The Balaban J connectivity index is 2.41. The molecule has 1 aromatic carbocycles. The van der Waals surface area contributed by atoms with E-state index in [-0.39, 0.29) is 5.41 Å². The lowest BCUT2D eigenvalue weighted by Gasteiger charge is -2.19. The summed E-state index contributed by atoms with van der Waals surface area (Å²) in [6, 6.07) is 9.19. The average Bonchev–Trinajstić information content (AvgIpc) is 2.22. The summed E-state index contributed by atoms with van der Waals surface area (Å²) in [6.45, 7) is 13.8. The molecule has 0 aliphatic heterocycles. The van der Waals surface area contributed by atoms with E-state index in [1.54, 1.807) is 0 Å². The minimum absolute atomic E-state index is 0.269. The molecule has 0 heteroatoms. The predicted octanol–water partition coefficient (Wildman–Crippen LogP) is 5.74. The van der Waals surface area contributed by atoms with Gasteiger partial charge < -0.3 is 0 Å². The van der Waals surface area contributed by atoms with Crippen LogP contribution in [0.3, 0.4) is 0 Å². The number of benzene rings is 1. The van der Waals surface area contributed by atoms with E-state index >= 15 is 0 Å². The minimum Gasteiger partial charge on any atom is -0.0602 e. The van der Waals surface area contributed by atoms with Gasteiger partial charge in [-0.2, -0.15) is 0 Å². The third-order valence-corrected chi connectivity index (χ3v) is 3.46. The van der Waals surface area contributed by atoms with Crippen molar-refractivity contribution >= 4 is 0 Å². The smallest absolute Gasteiger partial charge is 0.0132 e. The van der Waals surface area contributed by atoms with Crippen molar-refractivity contribution < 1.29 is 0 Å². The second-order valence-electron chi connectivity index (χ2n) is 7.71. The quantitative estimate of drug-likeness (QED) is 0.594. The normalized spacial score (nSPS) is 12.8. The molecular weight excluding hydrogens is 216 g/mol. The molecule has 0 saturated carbocycles. The molecule has 0 atom stereocenters. The molecule has 1 rings (SSSR count). The van der Waals surface area contributed by atoms with Crippen molar-refractivity contribution in [2.75, 3.05) is 0 Å². The van der Waals surface area contributed by atoms with Crippen molar-refractivity contribution in [1.29, 1.82) is 0 Å². The summed E-state index contributed by atoms with van der Waals surface area (Å²) in [4.78, 5) is 0. The van der Waals surface area contributed by atoms with Crippen LogP contribution in [0.2, 0.25) is 0 Å². The molecule has 0 heterocycles. The lowest BCUT2D eigenvalue weighted by atomic mass is 9.86. The van der Waals surface area contributed by atoms with Gasteiger partial charge in [0.1, 0.15) is 0 Å². The largest absolute Gasteiger partial charge is 0.0602 e. The Morgan fingerprint density at radius 3 is 1.78 bits per heavy atom. The van der Waals surface area contributed by atoms with E-state index in [0.29, 0.717) is 5.41 Å². The molecule has 0 spiro atoms. The SMILES string of the molecule is CC(C)(C)CCCCc1ccc(C(C)(C)C)cc1. The molecule has 0 N–H and O–H groups in total. The third-order valence-electron chi connectivity index (χ3n) is 3.46. The zero-order chi connectivity index (χ0) is 13.8. The highest BCUT2D eigenvalue weighted by Gasteiger charge is 2.13. The van der Waals surface area contributed by atoms with Crippen molar-refractivity contribution in [3.05, 3.63) is 35.4 Å². The van der Waals surface area contributed by atoms with Gasteiger partial charge in [0.15, 0.2) is 0 Å². The molecule has 0 unspecified atom stereocenters. The Morgan fingerprint density at radius 1 is 0.778 bits per heavy atom. The molecule has 0 radical (unpaired) electrons. The fourth-order valence-electron chi connectivity index (χ4n) is 2.16. The lowest BCUT2D eigenvalue weighted by Crippen LogP contribution is -2.10. The van der Waals surface area contributed by atoms with Crippen molar-refractivity contribution in [2.24, 2.45) is 5.41 Å². The molecule has 0 bridgehead atoms. The number of aryl methyl sites for hydroxylation is 1. The van der Waals surface area contributed by atoms with Gasteiger partial charge in [-0.3, -0.25) is 0 Å². The van der Waals surface area contributed by atoms with Crippen LogP contribution in [0, 0.1) is 5.41 Å². The molecule has 102 valence electrons. The molecule has 0 aromatic heterocycles. The number of hydrogen-bond donors (Lipinski definition) is 0. The van der Waals surface area contributed by atoms with E-state index in [1.165, 1.54) is 36.8 Å². The van der Waals surface area contributed by atoms with E-state index in [4.69, 9.17) is 0 Å². The standard InChI is InChI=1S/C18H30/c1-17(2,3)14-8-7-9-15-10-12-16(13-11-15)18(4,5)6/h10-13H,7-9,14H2,1-6H3. The predicted molar refractivity (Wildman–Crippen MR) is 82.2 cm³/mol. The topological polar surface area (TPSA) is 0 Å². The zero-order valence-electron chi connectivity index (χ0n) is 13.1. The first-order valence-electron chi connectivity index (χ1n) is 7.28. The zero-order valence-corrected chi connectivity index (χ0v) is 13.1. The summed E-state index contributed by atoms with van der Waals surface area (Å²) in [5, 5.41) is 0. The molecule has 1 aromatic rings. The van der Waals surface area contributed by atoms with Gasteiger partial charge >= 0.3 is 0 Å². The van der Waals surface area contributed by atoms with Gasteiger partial charge in [-0.15, -0.1) is 0 Å². The van der Waals surface area contributed by atoms with E-state index < -0.39 is 0 Å². The fourth-order valence-corrected chi connectivity index (χ4v) is 2.16. The Morgan fingerprint density at radius 2 is 1.33 bits per heavy atom. The maximum absolute atomic E-state index is 2.32. The molecular formula is C18H30. The Hall–Kier alpha value is -0.780. The Bertz CT molecular complexity index is 343. The maximum atomic E-state index is 2.32. The van der Waals surface area contributed by atoms with E-state index in [1.807, 2.05) is 0 Å². The average molecular weight is 246 g/mol. The Kier molecular flexibility index (Phi) is 5.01. The van der Waals surface area contributed by atoms with Crippen LogP contribution < -0.4 is 0 Å². The van der Waals surface area contributed by atoms with Crippen molar-refractivity contribution in [2.45, 2.75) is 72.6 Å². The molecule has 0 fully saturated rings. The van der Waals surface area contributed by atoms with E-state index in [9.17, 15) is 0 Å². The first-order valence-corrected chi connectivity index (χ1v) is 7.28. The highest BCUT2D eigenvalue weighted by molar-refractivity contribution is 5.27. The second kappa shape index (κ2) is 5.91. The lowest BCUT2D eigenvalue weighted by molar-refractivity contribution is 0.360. The van der Waals surface area contributed by atoms with Gasteiger partial charge in [-0.1, -0.05) is 72.2 Å². The van der Waals surface area contributed by atoms with Gasteiger partial charge in [0.2, 0.25) is 0 Å². The van der Waals surface area contributed by atoms with Crippen LogP contribution in [0.25, 0.3) is 0 Å². The minimum atomic E-state index is 0.269. The van der Waals surface area contributed by atoms with Gasteiger partial charge in [0.05, 0.1) is 0 Å². The first kappa shape index (κ1) is 15.3. The summed E-state index contributed by atoms with van der Waals surface area (Å²) in [7, 11) is 0. The molecule has 0 saturated heterocycles. The van der Waals surface area contributed by atoms with Crippen molar-refractivity contribution in [3.63, 3.8) is 0 Å². The van der Waals surface area contributed by atoms with Crippen LogP contribution in [0.4, 0.5) is 0 Å². The van der Waals surface area contributed by atoms with Gasteiger partial charge in [-0.25, -0.2) is 0 Å². The third kappa shape index (κ3) is 5.71. The summed E-state index contributed by atoms with van der Waals surface area (Å²) >= 11 is 0. The Labute approximate surface area is 114 Å². The number of hydrogen-bond acceptors (Lipinski definition) is 0. The monoisotopic (exact) mass is 246 g/mol. The highest BCUT2D eigenvalue weighted by atomic mass is 14.2. The summed E-state index contributed by atoms with van der Waals surface area (Å²) in [6.07, 6.45) is 5.20. The highest BCUT2D eigenvalue weighted by Crippen LogP contribution is 2.24. The van der Waals surface area contributed by atoms with Gasteiger partial charge in [0, 0.05) is 0 Å². The summed E-state index contributed by atoms with van der Waals surface area (Å²) in [5.41, 5.74) is 3.67. The first-order chi connectivity index (χ1) is 8.18. The van der Waals surface area contributed by atoms with Crippen LogP contribution in [-0.2, 0) is 11.8 Å². The van der Waals surface area contributed by atoms with E-state index in [0.717, 1.165) is 0 Å². The van der Waals surface area contributed by atoms with Crippen molar-refractivity contribution in [3.8, 4) is 0 Å². The van der Waals surface area contributed by atoms with Gasteiger partial charge in [0.25, 0.3) is 0 Å². The summed E-state index contributed by atoms with van der Waals surface area (Å²) < 4.78 is 0. The molecule has 0 nitrogen and oxygen atoms in total. The van der Waals surface area contributed by atoms with Crippen LogP contribution in [-0.4, -0.2) is 0 Å². The van der Waals surface area contributed by atoms with Gasteiger partial charge in [-0.05, 0) is 41.2 Å². The summed E-state index contributed by atoms with van der Waals surface area (Å²) in [5.74, 6) is 0. The molecule has 0 aliphatic rings. The second-order valence-corrected chi connectivity index (χ2v) is 7.71. The molecule has 0 amide bonds. The molecule has 18 heavy (non-hydrogen) atoms. The van der Waals surface area contributed by atoms with Crippen LogP contribution >= 0.6 is 0 Å². The maximum Gasteiger partial charge on any atom is -0.0132 e. The fraction of sp³-hybridized carbons (Fsp3) is 0.667. The molecule has 0 aliphatic carbocycles. The number of unbranched alkanes of at least 4 members (excludes halogenated alkanes) is 1.